The van der Waals surface area contributed by atoms with Gasteiger partial charge in [0.25, 0.3) is 0 Å². The molecule has 25 heavy (non-hydrogen) atoms. The average molecular weight is 360 g/mol. The molecule has 0 atom stereocenters. The van der Waals surface area contributed by atoms with E-state index in [9.17, 15) is 0 Å². The van der Waals surface area contributed by atoms with Gasteiger partial charge in [-0.1, -0.05) is 48.3 Å². The predicted molar refractivity (Wildman–Crippen MR) is 97.4 cm³/mol. The maximum absolute atomic E-state index is 6.37. The van der Waals surface area contributed by atoms with E-state index in [4.69, 9.17) is 14.7 Å². The van der Waals surface area contributed by atoms with E-state index < -0.39 is 5.54 Å². The monoisotopic (exact) mass is 359 g/mol. The van der Waals surface area contributed by atoms with E-state index in [1.54, 1.807) is 0 Å². The Hall–Kier alpha value is -2.11. The molecule has 0 bridgehead atoms. The van der Waals surface area contributed by atoms with Crippen LogP contribution in [0.25, 0.3) is 11.3 Å². The van der Waals surface area contributed by atoms with Crippen LogP contribution in [0.5, 0.6) is 0 Å². The molecule has 0 unspecified atom stereocenters. The highest BCUT2D eigenvalue weighted by molar-refractivity contribution is 5.85. The molecule has 1 fully saturated rings. The lowest BCUT2D eigenvalue weighted by Gasteiger charge is -2.17. The van der Waals surface area contributed by atoms with Crippen LogP contribution in [0.15, 0.2) is 51.4 Å². The Bertz CT molecular complexity index is 807. The Morgan fingerprint density at radius 2 is 1.76 bits per heavy atom. The summed E-state index contributed by atoms with van der Waals surface area (Å²) in [5.74, 6) is 3.07. The van der Waals surface area contributed by atoms with Crippen molar-refractivity contribution < 1.29 is 8.94 Å². The van der Waals surface area contributed by atoms with E-state index >= 15 is 0 Å². The van der Waals surface area contributed by atoms with Crippen molar-refractivity contribution in [2.24, 2.45) is 5.73 Å². The second-order valence-electron chi connectivity index (χ2n) is 6.51. The van der Waals surface area contributed by atoms with E-state index in [0.717, 1.165) is 49.2 Å². The number of furan rings is 1. The molecule has 6 heteroatoms. The Morgan fingerprint density at radius 1 is 1.00 bits per heavy atom. The molecule has 1 aliphatic rings. The van der Waals surface area contributed by atoms with Crippen molar-refractivity contribution in [3.63, 3.8) is 0 Å². The second-order valence-corrected chi connectivity index (χ2v) is 6.51. The summed E-state index contributed by atoms with van der Waals surface area (Å²) in [7, 11) is 0. The van der Waals surface area contributed by atoms with E-state index in [1.165, 1.54) is 0 Å². The van der Waals surface area contributed by atoms with Gasteiger partial charge in [0, 0.05) is 18.4 Å². The van der Waals surface area contributed by atoms with Gasteiger partial charge < -0.3 is 14.7 Å². The maximum Gasteiger partial charge on any atom is 0.227 e. The zero-order valence-electron chi connectivity index (χ0n) is 14.0. The molecule has 1 saturated carbocycles. The number of aromatic nitrogens is 2. The van der Waals surface area contributed by atoms with Gasteiger partial charge in [-0.25, -0.2) is 0 Å². The van der Waals surface area contributed by atoms with E-state index in [2.05, 4.69) is 10.1 Å². The summed E-state index contributed by atoms with van der Waals surface area (Å²) >= 11 is 0. The van der Waals surface area contributed by atoms with E-state index in [0.29, 0.717) is 18.1 Å². The molecule has 132 valence electrons. The van der Waals surface area contributed by atoms with Crippen molar-refractivity contribution in [2.75, 3.05) is 0 Å². The van der Waals surface area contributed by atoms with Gasteiger partial charge in [-0.15, -0.1) is 12.4 Å². The normalized spacial score (nSPS) is 15.9. The minimum Gasteiger partial charge on any atom is -0.461 e. The first-order valence-corrected chi connectivity index (χ1v) is 8.49. The average Bonchev–Trinajstić information content (AvgIpc) is 3.35. The molecule has 3 aromatic rings. The third-order valence-electron chi connectivity index (χ3n) is 4.71. The fraction of sp³-hybridized carbons (Fsp3) is 0.368. The molecular formula is C19H22ClN3O2. The summed E-state index contributed by atoms with van der Waals surface area (Å²) < 4.78 is 11.3. The van der Waals surface area contributed by atoms with Crippen molar-refractivity contribution >= 4 is 12.4 Å². The lowest BCUT2D eigenvalue weighted by atomic mass is 9.99. The Labute approximate surface area is 153 Å². The van der Waals surface area contributed by atoms with Crippen molar-refractivity contribution in [2.45, 2.75) is 44.1 Å². The molecule has 0 radical (unpaired) electrons. The largest absolute Gasteiger partial charge is 0.461 e. The number of hydrogen-bond donors (Lipinski definition) is 1. The van der Waals surface area contributed by atoms with Crippen LogP contribution in [0, 0.1) is 0 Å². The number of halogens is 1. The lowest BCUT2D eigenvalue weighted by molar-refractivity contribution is 0.346. The van der Waals surface area contributed by atoms with Gasteiger partial charge in [0.1, 0.15) is 11.5 Å². The summed E-state index contributed by atoms with van der Waals surface area (Å²) in [6.45, 7) is 0. The highest BCUT2D eigenvalue weighted by atomic mass is 35.5. The van der Waals surface area contributed by atoms with Crippen molar-refractivity contribution in [1.82, 2.24) is 10.1 Å². The second kappa shape index (κ2) is 7.42. The van der Waals surface area contributed by atoms with Crippen LogP contribution in [0.1, 0.15) is 43.2 Å². The van der Waals surface area contributed by atoms with Crippen molar-refractivity contribution in [3.05, 3.63) is 59.9 Å². The topological polar surface area (TPSA) is 78.1 Å². The first-order chi connectivity index (χ1) is 11.7. The van der Waals surface area contributed by atoms with Crippen LogP contribution in [-0.4, -0.2) is 10.1 Å². The Kier molecular flexibility index (Phi) is 5.25. The lowest BCUT2D eigenvalue weighted by Crippen LogP contribution is -2.34. The third kappa shape index (κ3) is 3.78. The number of nitrogens with zero attached hydrogens (tertiary/aromatic N) is 2. The van der Waals surface area contributed by atoms with Crippen LogP contribution in [0.4, 0.5) is 0 Å². The molecule has 2 heterocycles. The van der Waals surface area contributed by atoms with Crippen molar-refractivity contribution in [3.8, 4) is 11.3 Å². The van der Waals surface area contributed by atoms with Gasteiger partial charge in [0.2, 0.25) is 5.89 Å². The van der Waals surface area contributed by atoms with Gasteiger partial charge in [-0.2, -0.15) is 4.98 Å². The molecule has 0 amide bonds. The zero-order valence-corrected chi connectivity index (χ0v) is 14.8. The van der Waals surface area contributed by atoms with Crippen LogP contribution >= 0.6 is 12.4 Å². The molecule has 0 saturated heterocycles. The molecule has 5 nitrogen and oxygen atoms in total. The van der Waals surface area contributed by atoms with Crippen LogP contribution in [0.2, 0.25) is 0 Å². The highest BCUT2D eigenvalue weighted by Crippen LogP contribution is 2.34. The summed E-state index contributed by atoms with van der Waals surface area (Å²) in [6.07, 6.45) is 5.52. The number of nitrogens with two attached hydrogens (primary N) is 1. The van der Waals surface area contributed by atoms with Gasteiger partial charge in [-0.3, -0.25) is 0 Å². The Balaban J connectivity index is 0.00000182. The molecule has 4 rings (SSSR count). The van der Waals surface area contributed by atoms with E-state index in [1.807, 2.05) is 42.5 Å². The quantitative estimate of drug-likeness (QED) is 0.736. The van der Waals surface area contributed by atoms with Gasteiger partial charge in [0.05, 0.1) is 5.54 Å². The standard InChI is InChI=1S/C19H21N3O2.ClH/c20-19(12-4-5-13-19)18-21-17(24-22-18)11-9-15-8-10-16(23-15)14-6-2-1-3-7-14;/h1-3,6-8,10H,4-5,9,11-13,20H2;1H. The summed E-state index contributed by atoms with van der Waals surface area (Å²) in [6, 6.07) is 14.1. The highest BCUT2D eigenvalue weighted by Gasteiger charge is 2.35. The number of rotatable bonds is 5. The Morgan fingerprint density at radius 3 is 2.52 bits per heavy atom. The third-order valence-corrected chi connectivity index (χ3v) is 4.71. The van der Waals surface area contributed by atoms with Gasteiger partial charge >= 0.3 is 0 Å². The van der Waals surface area contributed by atoms with Crippen LogP contribution in [-0.2, 0) is 18.4 Å². The minimum atomic E-state index is -0.396. The molecule has 0 aliphatic heterocycles. The van der Waals surface area contributed by atoms with Crippen LogP contribution < -0.4 is 5.73 Å². The fourth-order valence-corrected chi connectivity index (χ4v) is 3.29. The summed E-state index contributed by atoms with van der Waals surface area (Å²) in [5, 5.41) is 4.09. The SMILES string of the molecule is Cl.NC1(c2noc(CCc3ccc(-c4ccccc4)o3)n2)CCCC1. The fourth-order valence-electron chi connectivity index (χ4n) is 3.29. The van der Waals surface area contributed by atoms with Crippen molar-refractivity contribution in [1.29, 1.82) is 0 Å². The smallest absolute Gasteiger partial charge is 0.227 e. The first-order valence-electron chi connectivity index (χ1n) is 8.49. The predicted octanol–water partition coefficient (Wildman–Crippen LogP) is 4.26. The summed E-state index contributed by atoms with van der Waals surface area (Å²) in [4.78, 5) is 4.50. The maximum atomic E-state index is 6.37. The van der Waals surface area contributed by atoms with E-state index in [-0.39, 0.29) is 12.4 Å². The molecule has 2 N–H and O–H groups in total. The first kappa shape index (κ1) is 17.7. The number of hydrogen-bond acceptors (Lipinski definition) is 5. The number of aryl methyl sites for hydroxylation is 2. The molecular weight excluding hydrogens is 338 g/mol. The van der Waals surface area contributed by atoms with Gasteiger partial charge in [-0.05, 0) is 25.0 Å². The molecule has 1 aliphatic carbocycles. The zero-order chi connectivity index (χ0) is 16.4. The minimum absolute atomic E-state index is 0. The summed E-state index contributed by atoms with van der Waals surface area (Å²) in [5.41, 5.74) is 7.05. The number of benzene rings is 1. The molecule has 0 spiro atoms. The molecule has 2 aromatic heterocycles. The molecule has 1 aromatic carbocycles. The van der Waals surface area contributed by atoms with Gasteiger partial charge in [0.15, 0.2) is 5.82 Å². The van der Waals surface area contributed by atoms with Crippen LogP contribution in [0.3, 0.4) is 0 Å².